The summed E-state index contributed by atoms with van der Waals surface area (Å²) in [6.45, 7) is 10.4. The van der Waals surface area contributed by atoms with E-state index in [0.29, 0.717) is 18.0 Å². The number of carbonyl (C=O) groups is 1. The second-order valence-electron chi connectivity index (χ2n) is 6.17. The van der Waals surface area contributed by atoms with Crippen LogP contribution in [0.2, 0.25) is 0 Å². The van der Waals surface area contributed by atoms with Gasteiger partial charge in [-0.15, -0.1) is 0 Å². The molecule has 2 rings (SSSR count). The minimum absolute atomic E-state index is 0.0133. The Morgan fingerprint density at radius 3 is 2.52 bits per heavy atom. The number of nitrogens with zero attached hydrogens (tertiary/aromatic N) is 1. The van der Waals surface area contributed by atoms with Crippen molar-refractivity contribution in [3.8, 4) is 0 Å². The third kappa shape index (κ3) is 3.97. The zero-order valence-corrected chi connectivity index (χ0v) is 13.5. The van der Waals surface area contributed by atoms with Gasteiger partial charge in [0.25, 0.3) is 0 Å². The fourth-order valence-electron chi connectivity index (χ4n) is 3.06. The first-order valence-corrected chi connectivity index (χ1v) is 7.92. The second kappa shape index (κ2) is 6.94. The highest BCUT2D eigenvalue weighted by atomic mass is 16.2. The van der Waals surface area contributed by atoms with E-state index in [0.717, 1.165) is 25.2 Å². The molecule has 0 aliphatic carbocycles. The Balaban J connectivity index is 1.95. The highest BCUT2D eigenvalue weighted by Crippen LogP contribution is 2.23. The number of carbonyl (C=O) groups excluding carboxylic acids is 1. The lowest BCUT2D eigenvalue weighted by Crippen LogP contribution is -2.37. The lowest BCUT2D eigenvalue weighted by Gasteiger charge is -2.22. The summed E-state index contributed by atoms with van der Waals surface area (Å²) >= 11 is 0. The predicted molar refractivity (Wildman–Crippen MR) is 87.5 cm³/mol. The molecular weight excluding hydrogens is 262 g/mol. The monoisotopic (exact) mass is 289 g/mol. The zero-order valence-electron chi connectivity index (χ0n) is 13.5. The van der Waals surface area contributed by atoms with E-state index in [2.05, 4.69) is 50.5 Å². The molecule has 1 aromatic carbocycles. The van der Waals surface area contributed by atoms with Crippen molar-refractivity contribution in [1.29, 1.82) is 0 Å². The summed E-state index contributed by atoms with van der Waals surface area (Å²) in [5, 5.41) is 6.38. The number of nitrogens with one attached hydrogen (secondary N) is 2. The molecule has 21 heavy (non-hydrogen) atoms. The lowest BCUT2D eigenvalue weighted by atomic mass is 10.1. The molecule has 1 heterocycles. The molecule has 0 radical (unpaired) electrons. The SMILES string of the molecule is CCNC(C)c1ccc(NC(=O)N2CC(C)CC2C)cc1. The van der Waals surface area contributed by atoms with Gasteiger partial charge < -0.3 is 15.5 Å². The van der Waals surface area contributed by atoms with Crippen molar-refractivity contribution < 1.29 is 4.79 Å². The third-order valence-electron chi connectivity index (χ3n) is 4.22. The van der Waals surface area contributed by atoms with Gasteiger partial charge in [0, 0.05) is 24.3 Å². The van der Waals surface area contributed by atoms with E-state index >= 15 is 0 Å². The normalized spacial score (nSPS) is 23.1. The van der Waals surface area contributed by atoms with Crippen LogP contribution in [-0.4, -0.2) is 30.1 Å². The van der Waals surface area contributed by atoms with Crippen LogP contribution in [0.5, 0.6) is 0 Å². The van der Waals surface area contributed by atoms with E-state index in [1.165, 1.54) is 5.56 Å². The van der Waals surface area contributed by atoms with Gasteiger partial charge in [0.15, 0.2) is 0 Å². The summed E-state index contributed by atoms with van der Waals surface area (Å²) < 4.78 is 0. The molecule has 0 bridgehead atoms. The second-order valence-corrected chi connectivity index (χ2v) is 6.17. The van der Waals surface area contributed by atoms with E-state index in [1.807, 2.05) is 17.0 Å². The molecule has 3 atom stereocenters. The maximum atomic E-state index is 12.3. The van der Waals surface area contributed by atoms with Crippen LogP contribution in [0, 0.1) is 5.92 Å². The van der Waals surface area contributed by atoms with Crippen molar-refractivity contribution in [1.82, 2.24) is 10.2 Å². The number of hydrogen-bond donors (Lipinski definition) is 2. The maximum Gasteiger partial charge on any atom is 0.322 e. The van der Waals surface area contributed by atoms with E-state index in [-0.39, 0.29) is 6.03 Å². The zero-order chi connectivity index (χ0) is 15.4. The fourth-order valence-corrected chi connectivity index (χ4v) is 3.06. The van der Waals surface area contributed by atoms with Crippen molar-refractivity contribution in [3.63, 3.8) is 0 Å². The highest BCUT2D eigenvalue weighted by Gasteiger charge is 2.29. The summed E-state index contributed by atoms with van der Waals surface area (Å²) in [5.74, 6) is 0.592. The number of urea groups is 1. The van der Waals surface area contributed by atoms with E-state index < -0.39 is 0 Å². The van der Waals surface area contributed by atoms with Gasteiger partial charge in [-0.1, -0.05) is 26.0 Å². The Morgan fingerprint density at radius 2 is 2.00 bits per heavy atom. The minimum atomic E-state index is 0.0133. The van der Waals surface area contributed by atoms with Gasteiger partial charge in [-0.3, -0.25) is 0 Å². The molecule has 4 heteroatoms. The minimum Gasteiger partial charge on any atom is -0.322 e. The summed E-state index contributed by atoms with van der Waals surface area (Å²) in [5.41, 5.74) is 2.09. The Kier molecular flexibility index (Phi) is 5.23. The quantitative estimate of drug-likeness (QED) is 0.889. The average molecular weight is 289 g/mol. The Bertz CT molecular complexity index is 471. The van der Waals surface area contributed by atoms with Crippen LogP contribution >= 0.6 is 0 Å². The van der Waals surface area contributed by atoms with Gasteiger partial charge in [-0.2, -0.15) is 0 Å². The van der Waals surface area contributed by atoms with Crippen molar-refractivity contribution >= 4 is 11.7 Å². The highest BCUT2D eigenvalue weighted by molar-refractivity contribution is 5.89. The summed E-state index contributed by atoms with van der Waals surface area (Å²) in [7, 11) is 0. The van der Waals surface area contributed by atoms with Crippen molar-refractivity contribution in [2.24, 2.45) is 5.92 Å². The van der Waals surface area contributed by atoms with Crippen LogP contribution in [0.1, 0.15) is 45.7 Å². The van der Waals surface area contributed by atoms with Crippen LogP contribution in [0.15, 0.2) is 24.3 Å². The van der Waals surface area contributed by atoms with Gasteiger partial charge in [-0.25, -0.2) is 4.79 Å². The Labute approximate surface area is 127 Å². The molecule has 3 unspecified atom stereocenters. The first-order valence-electron chi connectivity index (χ1n) is 7.92. The predicted octanol–water partition coefficient (Wildman–Crippen LogP) is 3.62. The molecule has 2 N–H and O–H groups in total. The first kappa shape index (κ1) is 15.8. The number of benzene rings is 1. The smallest absolute Gasteiger partial charge is 0.322 e. The third-order valence-corrected chi connectivity index (χ3v) is 4.22. The van der Waals surface area contributed by atoms with Gasteiger partial charge >= 0.3 is 6.03 Å². The molecule has 0 saturated carbocycles. The molecule has 0 aromatic heterocycles. The van der Waals surface area contributed by atoms with Crippen molar-refractivity contribution in [3.05, 3.63) is 29.8 Å². The summed E-state index contributed by atoms with van der Waals surface area (Å²) in [4.78, 5) is 14.2. The standard InChI is InChI=1S/C17H27N3O/c1-5-18-14(4)15-6-8-16(9-7-15)19-17(21)20-11-12(2)10-13(20)3/h6-9,12-14,18H,5,10-11H2,1-4H3,(H,19,21). The molecule has 116 valence electrons. The molecule has 4 nitrogen and oxygen atoms in total. The molecule has 1 aliphatic heterocycles. The van der Waals surface area contributed by atoms with Gasteiger partial charge in [0.05, 0.1) is 0 Å². The Morgan fingerprint density at radius 1 is 1.33 bits per heavy atom. The molecule has 0 spiro atoms. The number of hydrogen-bond acceptors (Lipinski definition) is 2. The molecule has 2 amide bonds. The van der Waals surface area contributed by atoms with Crippen LogP contribution < -0.4 is 10.6 Å². The summed E-state index contributed by atoms with van der Waals surface area (Å²) in [6.07, 6.45) is 1.09. The van der Waals surface area contributed by atoms with Gasteiger partial charge in [0.2, 0.25) is 0 Å². The number of anilines is 1. The Hall–Kier alpha value is -1.55. The van der Waals surface area contributed by atoms with Crippen LogP contribution in [0.25, 0.3) is 0 Å². The molecule has 1 aromatic rings. The average Bonchev–Trinajstić information content (AvgIpc) is 2.79. The first-order chi connectivity index (χ1) is 10.0. The van der Waals surface area contributed by atoms with E-state index in [1.54, 1.807) is 0 Å². The summed E-state index contributed by atoms with van der Waals surface area (Å²) in [6, 6.07) is 8.76. The van der Waals surface area contributed by atoms with E-state index in [9.17, 15) is 4.79 Å². The van der Waals surface area contributed by atoms with Crippen LogP contribution in [0.3, 0.4) is 0 Å². The lowest BCUT2D eigenvalue weighted by molar-refractivity contribution is 0.209. The number of rotatable bonds is 4. The number of likely N-dealkylation sites (tertiary alicyclic amines) is 1. The molecule has 1 fully saturated rings. The topological polar surface area (TPSA) is 44.4 Å². The van der Waals surface area contributed by atoms with Crippen molar-refractivity contribution in [2.75, 3.05) is 18.4 Å². The van der Waals surface area contributed by atoms with Gasteiger partial charge in [0.1, 0.15) is 0 Å². The van der Waals surface area contributed by atoms with Crippen molar-refractivity contribution in [2.45, 2.75) is 46.2 Å². The van der Waals surface area contributed by atoms with Crippen LogP contribution in [0.4, 0.5) is 10.5 Å². The molecule has 1 aliphatic rings. The van der Waals surface area contributed by atoms with Gasteiger partial charge in [-0.05, 0) is 50.4 Å². The fraction of sp³-hybridized carbons (Fsp3) is 0.588. The molecular formula is C17H27N3O. The number of amides is 2. The van der Waals surface area contributed by atoms with E-state index in [4.69, 9.17) is 0 Å². The largest absolute Gasteiger partial charge is 0.322 e. The molecule has 1 saturated heterocycles. The maximum absolute atomic E-state index is 12.3. The van der Waals surface area contributed by atoms with Crippen LogP contribution in [-0.2, 0) is 0 Å².